The van der Waals surface area contributed by atoms with Crippen LogP contribution in [-0.2, 0) is 9.53 Å². The first kappa shape index (κ1) is 15.4. The van der Waals surface area contributed by atoms with Gasteiger partial charge in [-0.05, 0) is 31.9 Å². The van der Waals surface area contributed by atoms with Crippen LogP contribution in [0.3, 0.4) is 0 Å². The Labute approximate surface area is 124 Å². The molecule has 4 nitrogen and oxygen atoms in total. The lowest BCUT2D eigenvalue weighted by molar-refractivity contribution is -0.131. The maximum absolute atomic E-state index is 11.9. The summed E-state index contributed by atoms with van der Waals surface area (Å²) in [4.78, 5) is 13.1. The molecule has 1 fully saturated rings. The fourth-order valence-electron chi connectivity index (χ4n) is 2.16. The fraction of sp³-hybridized carbons (Fsp3) is 0.533. The third kappa shape index (κ3) is 4.51. The van der Waals surface area contributed by atoms with Gasteiger partial charge in [-0.15, -0.1) is 11.8 Å². The van der Waals surface area contributed by atoms with E-state index in [0.29, 0.717) is 13.1 Å². The zero-order valence-corrected chi connectivity index (χ0v) is 12.6. The van der Waals surface area contributed by atoms with E-state index in [0.717, 1.165) is 18.6 Å². The van der Waals surface area contributed by atoms with Crippen LogP contribution in [0.4, 0.5) is 0 Å². The molecule has 2 atom stereocenters. The Bertz CT molecular complexity index is 436. The van der Waals surface area contributed by atoms with Crippen molar-refractivity contribution in [3.05, 3.63) is 29.8 Å². The van der Waals surface area contributed by atoms with Crippen LogP contribution in [0.5, 0.6) is 0 Å². The quantitative estimate of drug-likeness (QED) is 0.619. The number of rotatable bonds is 6. The number of hydrogen-bond acceptors (Lipinski definition) is 4. The highest BCUT2D eigenvalue weighted by molar-refractivity contribution is 7.99. The molecule has 20 heavy (non-hydrogen) atoms. The van der Waals surface area contributed by atoms with Crippen LogP contribution >= 0.6 is 11.8 Å². The van der Waals surface area contributed by atoms with Crippen molar-refractivity contribution in [3.63, 3.8) is 0 Å². The average molecular weight is 294 g/mol. The standard InChI is InChI=1S/C15H22N2O2S/c1-11-2-5-13(6-3-11)20-9-8-17-15(18)14-7-4-12(10-16)19-14/h2-3,5-6,12,14H,4,7-10,16H2,1H3,(H,17,18)/t12-,14+/m1/s1. The van der Waals surface area contributed by atoms with Gasteiger partial charge in [0.1, 0.15) is 6.10 Å². The number of ether oxygens (including phenoxy) is 1. The van der Waals surface area contributed by atoms with E-state index in [2.05, 4.69) is 36.5 Å². The highest BCUT2D eigenvalue weighted by Gasteiger charge is 2.29. The van der Waals surface area contributed by atoms with Gasteiger partial charge in [-0.25, -0.2) is 0 Å². The van der Waals surface area contributed by atoms with Gasteiger partial charge in [0.05, 0.1) is 6.10 Å². The first-order valence-corrected chi connectivity index (χ1v) is 8.00. The molecule has 110 valence electrons. The molecule has 0 unspecified atom stereocenters. The predicted octanol–water partition coefficient (Wildman–Crippen LogP) is 1.71. The molecule has 5 heteroatoms. The molecule has 1 amide bonds. The molecule has 0 aromatic heterocycles. The molecule has 0 radical (unpaired) electrons. The van der Waals surface area contributed by atoms with Crippen molar-refractivity contribution >= 4 is 17.7 Å². The van der Waals surface area contributed by atoms with Crippen LogP contribution in [0.1, 0.15) is 18.4 Å². The van der Waals surface area contributed by atoms with Gasteiger partial charge in [-0.3, -0.25) is 4.79 Å². The first-order chi connectivity index (χ1) is 9.69. The molecular weight excluding hydrogens is 272 g/mol. The van der Waals surface area contributed by atoms with Crippen LogP contribution in [0.2, 0.25) is 0 Å². The van der Waals surface area contributed by atoms with Gasteiger partial charge in [0.25, 0.3) is 0 Å². The number of benzene rings is 1. The van der Waals surface area contributed by atoms with Gasteiger partial charge in [-0.2, -0.15) is 0 Å². The number of aryl methyl sites for hydroxylation is 1. The lowest BCUT2D eigenvalue weighted by atomic mass is 10.2. The summed E-state index contributed by atoms with van der Waals surface area (Å²) >= 11 is 1.74. The van der Waals surface area contributed by atoms with Crippen LogP contribution in [0.15, 0.2) is 29.2 Å². The number of amides is 1. The average Bonchev–Trinajstić information content (AvgIpc) is 2.94. The minimum atomic E-state index is -0.312. The number of carbonyl (C=O) groups is 1. The third-order valence-corrected chi connectivity index (χ3v) is 4.37. The highest BCUT2D eigenvalue weighted by Crippen LogP contribution is 2.19. The Kier molecular flexibility index (Phi) is 5.88. The lowest BCUT2D eigenvalue weighted by Gasteiger charge is -2.12. The molecule has 1 aromatic rings. The zero-order valence-electron chi connectivity index (χ0n) is 11.8. The van der Waals surface area contributed by atoms with Gasteiger partial charge in [0.15, 0.2) is 0 Å². The molecule has 0 spiro atoms. The molecule has 1 aromatic carbocycles. The van der Waals surface area contributed by atoms with Crippen molar-refractivity contribution in [1.29, 1.82) is 0 Å². The number of carbonyl (C=O) groups excluding carboxylic acids is 1. The predicted molar refractivity (Wildman–Crippen MR) is 81.9 cm³/mol. The summed E-state index contributed by atoms with van der Waals surface area (Å²) < 4.78 is 5.56. The van der Waals surface area contributed by atoms with Crippen molar-refractivity contribution in [1.82, 2.24) is 5.32 Å². The Hall–Kier alpha value is -1.04. The summed E-state index contributed by atoms with van der Waals surface area (Å²) in [5.74, 6) is 0.854. The van der Waals surface area contributed by atoms with Crippen LogP contribution in [0, 0.1) is 6.92 Å². The second-order valence-corrected chi connectivity index (χ2v) is 6.18. The van der Waals surface area contributed by atoms with E-state index in [-0.39, 0.29) is 18.1 Å². The maximum atomic E-state index is 11.9. The summed E-state index contributed by atoms with van der Waals surface area (Å²) in [5, 5.41) is 2.93. The maximum Gasteiger partial charge on any atom is 0.249 e. The molecule has 1 aliphatic rings. The second-order valence-electron chi connectivity index (χ2n) is 5.01. The van der Waals surface area contributed by atoms with E-state index in [1.54, 1.807) is 11.8 Å². The molecule has 2 rings (SSSR count). The van der Waals surface area contributed by atoms with Gasteiger partial charge in [-0.1, -0.05) is 17.7 Å². The molecular formula is C15H22N2O2S. The molecule has 3 N–H and O–H groups in total. The van der Waals surface area contributed by atoms with Crippen molar-refractivity contribution in [3.8, 4) is 0 Å². The normalized spacial score (nSPS) is 21.9. The number of nitrogens with one attached hydrogen (secondary N) is 1. The lowest BCUT2D eigenvalue weighted by Crippen LogP contribution is -2.36. The first-order valence-electron chi connectivity index (χ1n) is 7.01. The van der Waals surface area contributed by atoms with Crippen molar-refractivity contribution in [2.75, 3.05) is 18.8 Å². The van der Waals surface area contributed by atoms with E-state index < -0.39 is 0 Å². The van der Waals surface area contributed by atoms with E-state index >= 15 is 0 Å². The summed E-state index contributed by atoms with van der Waals surface area (Å²) in [5.41, 5.74) is 6.79. The van der Waals surface area contributed by atoms with Gasteiger partial charge >= 0.3 is 0 Å². The number of thioether (sulfide) groups is 1. The molecule has 0 saturated carbocycles. The topological polar surface area (TPSA) is 64.4 Å². The van der Waals surface area contributed by atoms with Crippen LogP contribution in [-0.4, -0.2) is 37.0 Å². The van der Waals surface area contributed by atoms with Gasteiger partial charge < -0.3 is 15.8 Å². The van der Waals surface area contributed by atoms with Crippen molar-refractivity contribution in [2.45, 2.75) is 36.9 Å². The van der Waals surface area contributed by atoms with E-state index in [1.165, 1.54) is 10.5 Å². The van der Waals surface area contributed by atoms with Gasteiger partial charge in [0.2, 0.25) is 5.91 Å². The third-order valence-electron chi connectivity index (χ3n) is 3.35. The summed E-state index contributed by atoms with van der Waals surface area (Å²) in [6.07, 6.45) is 1.39. The Morgan fingerprint density at radius 1 is 1.40 bits per heavy atom. The Morgan fingerprint density at radius 2 is 2.15 bits per heavy atom. The minimum absolute atomic E-state index is 0.00884. The zero-order chi connectivity index (χ0) is 14.4. The molecule has 0 aliphatic carbocycles. The van der Waals surface area contributed by atoms with Crippen molar-refractivity contribution in [2.24, 2.45) is 5.73 Å². The Morgan fingerprint density at radius 3 is 2.80 bits per heavy atom. The summed E-state index contributed by atoms with van der Waals surface area (Å²) in [7, 11) is 0. The molecule has 0 bridgehead atoms. The van der Waals surface area contributed by atoms with E-state index in [1.807, 2.05) is 0 Å². The summed E-state index contributed by atoms with van der Waals surface area (Å²) in [6, 6.07) is 8.40. The number of nitrogens with two attached hydrogens (primary N) is 1. The highest BCUT2D eigenvalue weighted by atomic mass is 32.2. The van der Waals surface area contributed by atoms with E-state index in [4.69, 9.17) is 10.5 Å². The summed E-state index contributed by atoms with van der Waals surface area (Å²) in [6.45, 7) is 3.22. The number of hydrogen-bond donors (Lipinski definition) is 2. The van der Waals surface area contributed by atoms with E-state index in [9.17, 15) is 4.79 Å². The van der Waals surface area contributed by atoms with Gasteiger partial charge in [0, 0.05) is 23.7 Å². The van der Waals surface area contributed by atoms with Crippen LogP contribution < -0.4 is 11.1 Å². The van der Waals surface area contributed by atoms with Crippen molar-refractivity contribution < 1.29 is 9.53 Å². The Balaban J connectivity index is 1.63. The SMILES string of the molecule is Cc1ccc(SCCNC(=O)[C@@H]2CC[C@H](CN)O2)cc1. The fourth-order valence-corrected chi connectivity index (χ4v) is 2.93. The molecule has 1 aliphatic heterocycles. The molecule has 1 saturated heterocycles. The largest absolute Gasteiger partial charge is 0.364 e. The smallest absolute Gasteiger partial charge is 0.249 e. The second kappa shape index (κ2) is 7.67. The molecule has 1 heterocycles. The minimum Gasteiger partial charge on any atom is -0.364 e. The van der Waals surface area contributed by atoms with Crippen LogP contribution in [0.25, 0.3) is 0 Å². The monoisotopic (exact) mass is 294 g/mol.